The Balaban J connectivity index is 2.18. The van der Waals surface area contributed by atoms with Crippen LogP contribution in [0, 0.1) is 6.92 Å². The fraction of sp³-hybridized carbons (Fsp3) is 0.263. The Morgan fingerprint density at radius 2 is 1.74 bits per heavy atom. The lowest BCUT2D eigenvalue weighted by atomic mass is 10.2. The first-order chi connectivity index (χ1) is 12.6. The van der Waals surface area contributed by atoms with E-state index in [2.05, 4.69) is 5.32 Å². The Labute approximate surface area is 154 Å². The summed E-state index contributed by atoms with van der Waals surface area (Å²) >= 11 is 0. The van der Waals surface area contributed by atoms with Crippen LogP contribution in [0.25, 0.3) is 0 Å². The van der Waals surface area contributed by atoms with Gasteiger partial charge in [-0.25, -0.2) is 0 Å². The maximum atomic E-state index is 12.7. The quantitative estimate of drug-likeness (QED) is 0.853. The van der Waals surface area contributed by atoms with Crippen molar-refractivity contribution in [3.8, 4) is 5.75 Å². The summed E-state index contributed by atoms with van der Waals surface area (Å²) in [5.74, 6) is -0.520. The molecule has 0 unspecified atom stereocenters. The second-order valence-corrected chi connectivity index (χ2v) is 5.90. The Bertz CT molecular complexity index is 833. The highest BCUT2D eigenvalue weighted by molar-refractivity contribution is 6.02. The predicted molar refractivity (Wildman–Crippen MR) is 95.8 cm³/mol. The summed E-state index contributed by atoms with van der Waals surface area (Å²) < 4.78 is 43.2. The molecule has 144 valence electrons. The van der Waals surface area contributed by atoms with Crippen molar-refractivity contribution in [1.82, 2.24) is 0 Å². The lowest BCUT2D eigenvalue weighted by molar-refractivity contribution is -0.137. The number of anilines is 2. The maximum absolute atomic E-state index is 12.7. The van der Waals surface area contributed by atoms with Crippen molar-refractivity contribution in [2.45, 2.75) is 20.0 Å². The molecule has 27 heavy (non-hydrogen) atoms. The minimum Gasteiger partial charge on any atom is -0.495 e. The molecule has 0 aliphatic carbocycles. The van der Waals surface area contributed by atoms with Crippen LogP contribution in [0.15, 0.2) is 42.5 Å². The van der Waals surface area contributed by atoms with Gasteiger partial charge in [-0.15, -0.1) is 0 Å². The van der Waals surface area contributed by atoms with Gasteiger partial charge in [-0.3, -0.25) is 9.59 Å². The van der Waals surface area contributed by atoms with Crippen LogP contribution in [-0.2, 0) is 15.8 Å². The van der Waals surface area contributed by atoms with Gasteiger partial charge >= 0.3 is 6.18 Å². The van der Waals surface area contributed by atoms with Gasteiger partial charge in [-0.05, 0) is 48.9 Å². The number of carbonyl (C=O) groups is 2. The molecule has 2 aromatic rings. The van der Waals surface area contributed by atoms with E-state index in [0.29, 0.717) is 11.4 Å². The molecule has 0 aromatic heterocycles. The van der Waals surface area contributed by atoms with E-state index in [1.54, 1.807) is 12.1 Å². The smallest absolute Gasteiger partial charge is 0.416 e. The molecule has 2 amide bonds. The second-order valence-electron chi connectivity index (χ2n) is 5.90. The van der Waals surface area contributed by atoms with Gasteiger partial charge in [0.1, 0.15) is 12.3 Å². The van der Waals surface area contributed by atoms with E-state index < -0.39 is 23.6 Å². The molecule has 0 radical (unpaired) electrons. The molecule has 0 spiro atoms. The number of nitrogens with zero attached hydrogens (tertiary/aromatic N) is 1. The molecule has 2 rings (SSSR count). The first kappa shape index (κ1) is 20.3. The van der Waals surface area contributed by atoms with Gasteiger partial charge in [-0.2, -0.15) is 13.2 Å². The highest BCUT2D eigenvalue weighted by Gasteiger charge is 2.30. The summed E-state index contributed by atoms with van der Waals surface area (Å²) in [6, 6.07) is 9.28. The average molecular weight is 380 g/mol. The largest absolute Gasteiger partial charge is 0.495 e. The standard InChI is InChI=1S/C19H19F3N2O3/c1-12-4-9-17(27-3)16(10-12)23-18(26)11-24(13(2)25)15-7-5-14(6-8-15)19(20,21)22/h4-10H,11H2,1-3H3,(H,23,26). The van der Waals surface area contributed by atoms with Gasteiger partial charge in [-0.1, -0.05) is 6.07 Å². The van der Waals surface area contributed by atoms with E-state index in [1.807, 2.05) is 13.0 Å². The fourth-order valence-electron chi connectivity index (χ4n) is 2.47. The number of methoxy groups -OCH3 is 1. The number of nitrogens with one attached hydrogen (secondary N) is 1. The summed E-state index contributed by atoms with van der Waals surface area (Å²) in [5, 5.41) is 2.66. The highest BCUT2D eigenvalue weighted by Crippen LogP contribution is 2.30. The van der Waals surface area contributed by atoms with E-state index in [4.69, 9.17) is 4.74 Å². The van der Waals surface area contributed by atoms with Crippen molar-refractivity contribution in [1.29, 1.82) is 0 Å². The zero-order valence-electron chi connectivity index (χ0n) is 15.1. The van der Waals surface area contributed by atoms with Crippen LogP contribution < -0.4 is 15.0 Å². The van der Waals surface area contributed by atoms with E-state index in [1.165, 1.54) is 14.0 Å². The minimum atomic E-state index is -4.47. The molecule has 0 saturated heterocycles. The number of hydrogen-bond donors (Lipinski definition) is 1. The number of amides is 2. The molecular weight excluding hydrogens is 361 g/mol. The zero-order chi connectivity index (χ0) is 20.2. The molecule has 0 aliphatic rings. The Hall–Kier alpha value is -3.03. The zero-order valence-corrected chi connectivity index (χ0v) is 15.1. The first-order valence-electron chi connectivity index (χ1n) is 8.01. The number of halogens is 3. The van der Waals surface area contributed by atoms with Crippen LogP contribution in [-0.4, -0.2) is 25.5 Å². The summed E-state index contributed by atoms with van der Waals surface area (Å²) in [7, 11) is 1.46. The van der Waals surface area contributed by atoms with Crippen LogP contribution in [0.5, 0.6) is 5.75 Å². The van der Waals surface area contributed by atoms with Gasteiger partial charge in [0.05, 0.1) is 18.4 Å². The minimum absolute atomic E-state index is 0.196. The number of hydrogen-bond acceptors (Lipinski definition) is 3. The van der Waals surface area contributed by atoms with Crippen molar-refractivity contribution in [2.75, 3.05) is 23.9 Å². The molecule has 2 aromatic carbocycles. The second kappa shape index (κ2) is 8.11. The molecule has 0 bridgehead atoms. The molecule has 1 N–H and O–H groups in total. The van der Waals surface area contributed by atoms with Crippen molar-refractivity contribution in [3.63, 3.8) is 0 Å². The van der Waals surface area contributed by atoms with Crippen molar-refractivity contribution in [3.05, 3.63) is 53.6 Å². The third-order valence-corrected chi connectivity index (χ3v) is 3.82. The van der Waals surface area contributed by atoms with Gasteiger partial charge in [0.15, 0.2) is 0 Å². The molecule has 0 atom stereocenters. The lowest BCUT2D eigenvalue weighted by Crippen LogP contribution is -2.36. The number of carbonyl (C=O) groups excluding carboxylic acids is 2. The highest BCUT2D eigenvalue weighted by atomic mass is 19.4. The van der Waals surface area contributed by atoms with Gasteiger partial charge in [0.25, 0.3) is 0 Å². The molecule has 0 saturated carbocycles. The molecule has 0 aliphatic heterocycles. The SMILES string of the molecule is COc1ccc(C)cc1NC(=O)CN(C(C)=O)c1ccc(C(F)(F)F)cc1. The molecule has 0 heterocycles. The molecule has 8 heteroatoms. The first-order valence-corrected chi connectivity index (χ1v) is 8.01. The summed E-state index contributed by atoms with van der Waals surface area (Å²) in [6.07, 6.45) is -4.47. The normalized spacial score (nSPS) is 11.0. The summed E-state index contributed by atoms with van der Waals surface area (Å²) in [5.41, 5.74) is 0.709. The van der Waals surface area contributed by atoms with E-state index in [-0.39, 0.29) is 12.2 Å². The van der Waals surface area contributed by atoms with Crippen LogP contribution >= 0.6 is 0 Å². The number of ether oxygens (including phenoxy) is 1. The van der Waals surface area contributed by atoms with Crippen LogP contribution in [0.1, 0.15) is 18.1 Å². The predicted octanol–water partition coefficient (Wildman–Crippen LogP) is 4.01. The maximum Gasteiger partial charge on any atom is 0.416 e. The average Bonchev–Trinajstić information content (AvgIpc) is 2.59. The van der Waals surface area contributed by atoms with E-state index in [0.717, 1.165) is 34.7 Å². The van der Waals surface area contributed by atoms with E-state index in [9.17, 15) is 22.8 Å². The molecular formula is C19H19F3N2O3. The van der Waals surface area contributed by atoms with Gasteiger partial charge in [0.2, 0.25) is 11.8 Å². The number of aryl methyl sites for hydroxylation is 1. The topological polar surface area (TPSA) is 58.6 Å². The Morgan fingerprint density at radius 3 is 2.26 bits per heavy atom. The van der Waals surface area contributed by atoms with Crippen LogP contribution in [0.2, 0.25) is 0 Å². The Morgan fingerprint density at radius 1 is 1.11 bits per heavy atom. The van der Waals surface area contributed by atoms with Crippen molar-refractivity contribution >= 4 is 23.2 Å². The molecule has 0 fully saturated rings. The van der Waals surface area contributed by atoms with Crippen molar-refractivity contribution < 1.29 is 27.5 Å². The molecule has 5 nitrogen and oxygen atoms in total. The lowest BCUT2D eigenvalue weighted by Gasteiger charge is -2.21. The number of rotatable bonds is 5. The fourth-order valence-corrected chi connectivity index (χ4v) is 2.47. The third kappa shape index (κ3) is 5.22. The Kier molecular flexibility index (Phi) is 6.09. The van der Waals surface area contributed by atoms with E-state index >= 15 is 0 Å². The third-order valence-electron chi connectivity index (χ3n) is 3.82. The number of alkyl halides is 3. The number of benzene rings is 2. The summed E-state index contributed by atoms with van der Waals surface area (Å²) in [4.78, 5) is 25.4. The van der Waals surface area contributed by atoms with Crippen LogP contribution in [0.3, 0.4) is 0 Å². The van der Waals surface area contributed by atoms with Crippen molar-refractivity contribution in [2.24, 2.45) is 0 Å². The van der Waals surface area contributed by atoms with Gasteiger partial charge in [0, 0.05) is 12.6 Å². The van der Waals surface area contributed by atoms with Gasteiger partial charge < -0.3 is 15.0 Å². The van der Waals surface area contributed by atoms with Crippen LogP contribution in [0.4, 0.5) is 24.5 Å². The summed E-state index contributed by atoms with van der Waals surface area (Å²) in [6.45, 7) is 2.73. The monoisotopic (exact) mass is 380 g/mol.